The van der Waals surface area contributed by atoms with Crippen LogP contribution in [0.2, 0.25) is 0 Å². The average Bonchev–Trinajstić information content (AvgIpc) is 2.23. The summed E-state index contributed by atoms with van der Waals surface area (Å²) in [6.45, 7) is 1.49. The van der Waals surface area contributed by atoms with Gasteiger partial charge in [0.1, 0.15) is 0 Å². The van der Waals surface area contributed by atoms with Crippen LogP contribution in [0, 0.1) is 3.57 Å². The van der Waals surface area contributed by atoms with E-state index in [1.165, 1.54) is 0 Å². The van der Waals surface area contributed by atoms with E-state index in [2.05, 4.69) is 43.7 Å². The Balaban J connectivity index is 2.36. The van der Waals surface area contributed by atoms with Gasteiger partial charge in [-0.1, -0.05) is 6.07 Å². The van der Waals surface area contributed by atoms with Crippen molar-refractivity contribution in [2.24, 2.45) is 0 Å². The molecule has 0 spiro atoms. The average molecular weight is 348 g/mol. The Morgan fingerprint density at radius 3 is 2.65 bits per heavy atom. The molecule has 0 fully saturated rings. The summed E-state index contributed by atoms with van der Waals surface area (Å²) in [5, 5.41) is 0. The SMILES string of the molecule is C[N+](C)(C)CCCOC(=O)c1cccc(I)c1. The third-order valence-electron chi connectivity index (χ3n) is 2.27. The molecule has 1 rings (SSSR count). The first-order valence-electron chi connectivity index (χ1n) is 5.62. The molecule has 0 N–H and O–H groups in total. The fourth-order valence-corrected chi connectivity index (χ4v) is 1.95. The number of benzene rings is 1. The zero-order chi connectivity index (χ0) is 12.9. The van der Waals surface area contributed by atoms with E-state index in [1.807, 2.05) is 18.2 Å². The molecule has 1 aromatic carbocycles. The lowest BCUT2D eigenvalue weighted by Crippen LogP contribution is -2.35. The zero-order valence-electron chi connectivity index (χ0n) is 10.6. The van der Waals surface area contributed by atoms with Crippen LogP contribution in [0.15, 0.2) is 24.3 Å². The van der Waals surface area contributed by atoms with Crippen LogP contribution in [0.5, 0.6) is 0 Å². The highest BCUT2D eigenvalue weighted by Crippen LogP contribution is 2.09. The molecule has 0 heterocycles. The largest absolute Gasteiger partial charge is 0.462 e. The van der Waals surface area contributed by atoms with Gasteiger partial charge >= 0.3 is 5.97 Å². The van der Waals surface area contributed by atoms with Gasteiger partial charge in [0.25, 0.3) is 0 Å². The number of quaternary nitrogens is 1. The van der Waals surface area contributed by atoms with Crippen LogP contribution in [0.25, 0.3) is 0 Å². The van der Waals surface area contributed by atoms with Crippen LogP contribution in [-0.4, -0.2) is 44.7 Å². The quantitative estimate of drug-likeness (QED) is 0.354. The van der Waals surface area contributed by atoms with E-state index in [0.29, 0.717) is 12.2 Å². The molecule has 0 aromatic heterocycles. The second kappa shape index (κ2) is 6.35. The molecule has 94 valence electrons. The number of ether oxygens (including phenoxy) is 1. The van der Waals surface area contributed by atoms with Gasteiger partial charge in [0.2, 0.25) is 0 Å². The molecule has 3 nitrogen and oxygen atoms in total. The van der Waals surface area contributed by atoms with Crippen molar-refractivity contribution in [1.82, 2.24) is 0 Å². The number of esters is 1. The van der Waals surface area contributed by atoms with E-state index in [1.54, 1.807) is 6.07 Å². The maximum Gasteiger partial charge on any atom is 0.338 e. The number of halogens is 1. The highest BCUT2D eigenvalue weighted by Gasteiger charge is 2.09. The molecule has 0 aliphatic rings. The van der Waals surface area contributed by atoms with E-state index in [0.717, 1.165) is 21.0 Å². The Labute approximate surface area is 116 Å². The molecule has 0 saturated heterocycles. The summed E-state index contributed by atoms with van der Waals surface area (Å²) in [6.07, 6.45) is 0.888. The first kappa shape index (κ1) is 14.4. The minimum atomic E-state index is -0.232. The van der Waals surface area contributed by atoms with E-state index in [4.69, 9.17) is 4.74 Å². The lowest BCUT2D eigenvalue weighted by molar-refractivity contribution is -0.870. The van der Waals surface area contributed by atoms with Crippen LogP contribution in [0.1, 0.15) is 16.8 Å². The molecule has 0 aliphatic heterocycles. The van der Waals surface area contributed by atoms with Gasteiger partial charge in [-0.3, -0.25) is 0 Å². The molecular weight excluding hydrogens is 329 g/mol. The Morgan fingerprint density at radius 1 is 1.35 bits per heavy atom. The molecule has 0 radical (unpaired) electrons. The summed E-state index contributed by atoms with van der Waals surface area (Å²) >= 11 is 2.18. The van der Waals surface area contributed by atoms with E-state index < -0.39 is 0 Å². The summed E-state index contributed by atoms with van der Waals surface area (Å²) in [7, 11) is 6.38. The van der Waals surface area contributed by atoms with Crippen LogP contribution >= 0.6 is 22.6 Å². The smallest absolute Gasteiger partial charge is 0.338 e. The van der Waals surface area contributed by atoms with Crippen molar-refractivity contribution in [3.8, 4) is 0 Å². The Morgan fingerprint density at radius 2 is 2.06 bits per heavy atom. The Bertz CT molecular complexity index is 385. The lowest BCUT2D eigenvalue weighted by atomic mass is 10.2. The number of hydrogen-bond donors (Lipinski definition) is 0. The predicted octanol–water partition coefficient (Wildman–Crippen LogP) is 2.54. The summed E-state index contributed by atoms with van der Waals surface area (Å²) < 4.78 is 7.16. The number of rotatable bonds is 5. The molecule has 0 saturated carbocycles. The number of nitrogens with zero attached hydrogens (tertiary/aromatic N) is 1. The number of hydrogen-bond acceptors (Lipinski definition) is 2. The van der Waals surface area contributed by atoms with Crippen LogP contribution < -0.4 is 0 Å². The topological polar surface area (TPSA) is 26.3 Å². The van der Waals surface area contributed by atoms with E-state index in [9.17, 15) is 4.79 Å². The van der Waals surface area contributed by atoms with Gasteiger partial charge in [-0.15, -0.1) is 0 Å². The second-order valence-electron chi connectivity index (χ2n) is 5.01. The second-order valence-corrected chi connectivity index (χ2v) is 6.26. The van der Waals surface area contributed by atoms with E-state index >= 15 is 0 Å². The fourth-order valence-electron chi connectivity index (χ4n) is 1.40. The normalized spacial score (nSPS) is 11.3. The van der Waals surface area contributed by atoms with Gasteiger partial charge in [-0.05, 0) is 40.8 Å². The molecule has 1 aromatic rings. The zero-order valence-corrected chi connectivity index (χ0v) is 12.7. The summed E-state index contributed by atoms with van der Waals surface area (Å²) in [5.74, 6) is -0.232. The summed E-state index contributed by atoms with van der Waals surface area (Å²) in [4.78, 5) is 11.7. The minimum Gasteiger partial charge on any atom is -0.462 e. The summed E-state index contributed by atoms with van der Waals surface area (Å²) in [6, 6.07) is 7.44. The van der Waals surface area contributed by atoms with Crippen molar-refractivity contribution in [3.05, 3.63) is 33.4 Å². The molecule has 0 amide bonds. The van der Waals surface area contributed by atoms with Crippen molar-refractivity contribution >= 4 is 28.6 Å². The molecule has 4 heteroatoms. The van der Waals surface area contributed by atoms with Crippen molar-refractivity contribution in [2.75, 3.05) is 34.3 Å². The molecule has 0 unspecified atom stereocenters. The van der Waals surface area contributed by atoms with Crippen molar-refractivity contribution in [1.29, 1.82) is 0 Å². The maximum absolute atomic E-state index is 11.7. The first-order valence-corrected chi connectivity index (χ1v) is 6.69. The number of carbonyl (C=O) groups excluding carboxylic acids is 1. The van der Waals surface area contributed by atoms with Gasteiger partial charge in [0.15, 0.2) is 0 Å². The molecule has 0 aliphatic carbocycles. The molecule has 0 atom stereocenters. The van der Waals surface area contributed by atoms with Gasteiger partial charge in [-0.25, -0.2) is 4.79 Å². The third kappa shape index (κ3) is 6.02. The maximum atomic E-state index is 11.7. The lowest BCUT2D eigenvalue weighted by Gasteiger charge is -2.23. The minimum absolute atomic E-state index is 0.232. The third-order valence-corrected chi connectivity index (χ3v) is 2.94. The Kier molecular flexibility index (Phi) is 5.39. The number of carbonyl (C=O) groups is 1. The highest BCUT2D eigenvalue weighted by atomic mass is 127. The van der Waals surface area contributed by atoms with Crippen molar-refractivity contribution in [2.45, 2.75) is 6.42 Å². The summed E-state index contributed by atoms with van der Waals surface area (Å²) in [5.41, 5.74) is 0.627. The van der Waals surface area contributed by atoms with Crippen LogP contribution in [0.4, 0.5) is 0 Å². The highest BCUT2D eigenvalue weighted by molar-refractivity contribution is 14.1. The van der Waals surface area contributed by atoms with Crippen molar-refractivity contribution < 1.29 is 14.0 Å². The molecule has 0 bridgehead atoms. The van der Waals surface area contributed by atoms with Gasteiger partial charge in [0, 0.05) is 9.99 Å². The monoisotopic (exact) mass is 348 g/mol. The van der Waals surface area contributed by atoms with Crippen molar-refractivity contribution in [3.63, 3.8) is 0 Å². The van der Waals surface area contributed by atoms with Crippen LogP contribution in [0.3, 0.4) is 0 Å². The first-order chi connectivity index (χ1) is 7.88. The van der Waals surface area contributed by atoms with Gasteiger partial charge in [0.05, 0.1) is 39.9 Å². The van der Waals surface area contributed by atoms with Gasteiger partial charge < -0.3 is 9.22 Å². The van der Waals surface area contributed by atoms with Crippen LogP contribution in [-0.2, 0) is 4.74 Å². The van der Waals surface area contributed by atoms with Gasteiger partial charge in [-0.2, -0.15) is 0 Å². The fraction of sp³-hybridized carbons (Fsp3) is 0.462. The standard InChI is InChI=1S/C13H19INO2/c1-15(2,3)8-5-9-17-13(16)11-6-4-7-12(14)10-11/h4,6-7,10H,5,8-9H2,1-3H3/q+1. The predicted molar refractivity (Wildman–Crippen MR) is 77.0 cm³/mol. The molecule has 17 heavy (non-hydrogen) atoms. The Hall–Kier alpha value is -0.620. The van der Waals surface area contributed by atoms with E-state index in [-0.39, 0.29) is 5.97 Å². The molecular formula is C13H19INO2+.